The first-order chi connectivity index (χ1) is 8.68. The number of nitrogens with one attached hydrogen (secondary N) is 1. The van der Waals surface area contributed by atoms with Gasteiger partial charge in [0.25, 0.3) is 0 Å². The van der Waals surface area contributed by atoms with E-state index in [1.165, 1.54) is 18.4 Å². The first-order valence-corrected chi connectivity index (χ1v) is 6.92. The molecule has 3 rings (SSSR count). The molecule has 18 heavy (non-hydrogen) atoms. The topological polar surface area (TPSA) is 35.5 Å². The molecule has 3 nitrogen and oxygen atoms in total. The van der Waals surface area contributed by atoms with E-state index in [1.54, 1.807) is 6.07 Å². The van der Waals surface area contributed by atoms with E-state index in [0.717, 1.165) is 32.1 Å². The van der Waals surface area contributed by atoms with Gasteiger partial charge in [0.05, 0.1) is 0 Å². The number of hydrogen-bond donors (Lipinski definition) is 2. The van der Waals surface area contributed by atoms with E-state index in [0.29, 0.717) is 11.3 Å². The summed E-state index contributed by atoms with van der Waals surface area (Å²) in [6.45, 7) is 6.60. The van der Waals surface area contributed by atoms with Crippen LogP contribution in [-0.4, -0.2) is 35.2 Å². The Morgan fingerprint density at radius 1 is 1.44 bits per heavy atom. The summed E-state index contributed by atoms with van der Waals surface area (Å²) < 4.78 is 0. The van der Waals surface area contributed by atoms with Gasteiger partial charge in [-0.25, -0.2) is 0 Å². The first kappa shape index (κ1) is 12.0. The molecule has 0 bridgehead atoms. The highest BCUT2D eigenvalue weighted by molar-refractivity contribution is 5.27. The lowest BCUT2D eigenvalue weighted by Crippen LogP contribution is -2.60. The van der Waals surface area contributed by atoms with Gasteiger partial charge in [0, 0.05) is 31.7 Å². The molecule has 0 aromatic heterocycles. The molecule has 1 unspecified atom stereocenters. The van der Waals surface area contributed by atoms with Crippen LogP contribution in [0.4, 0.5) is 0 Å². The molecular formula is C15H22N2O. The minimum atomic E-state index is 0.295. The fourth-order valence-corrected chi connectivity index (χ4v) is 3.17. The Morgan fingerprint density at radius 2 is 2.28 bits per heavy atom. The summed E-state index contributed by atoms with van der Waals surface area (Å²) in [7, 11) is 0. The molecule has 1 aliphatic heterocycles. The van der Waals surface area contributed by atoms with Gasteiger partial charge in [-0.15, -0.1) is 0 Å². The van der Waals surface area contributed by atoms with Gasteiger partial charge in [-0.1, -0.05) is 12.1 Å². The molecule has 2 fully saturated rings. The lowest BCUT2D eigenvalue weighted by atomic mass is 9.90. The van der Waals surface area contributed by atoms with Crippen molar-refractivity contribution in [1.82, 2.24) is 10.2 Å². The minimum absolute atomic E-state index is 0.295. The number of aromatic hydroxyl groups is 1. The van der Waals surface area contributed by atoms with Crippen LogP contribution in [-0.2, 0) is 6.54 Å². The van der Waals surface area contributed by atoms with Crippen LogP contribution in [0.3, 0.4) is 0 Å². The molecule has 98 valence electrons. The summed E-state index contributed by atoms with van der Waals surface area (Å²) in [5.41, 5.74) is 1.51. The van der Waals surface area contributed by atoms with Crippen LogP contribution in [0.2, 0.25) is 0 Å². The third kappa shape index (κ3) is 2.25. The predicted octanol–water partition coefficient (Wildman–Crippen LogP) is 1.97. The zero-order valence-corrected chi connectivity index (χ0v) is 11.0. The number of rotatable bonds is 3. The summed E-state index contributed by atoms with van der Waals surface area (Å²) in [6.07, 6.45) is 2.74. The first-order valence-electron chi connectivity index (χ1n) is 6.92. The van der Waals surface area contributed by atoms with E-state index in [1.807, 2.05) is 12.1 Å². The van der Waals surface area contributed by atoms with Crippen LogP contribution >= 0.6 is 0 Å². The summed E-state index contributed by atoms with van der Waals surface area (Å²) in [4.78, 5) is 2.59. The lowest BCUT2D eigenvalue weighted by molar-refractivity contribution is 0.0484. The van der Waals surface area contributed by atoms with Crippen molar-refractivity contribution in [1.29, 1.82) is 0 Å². The monoisotopic (exact) mass is 246 g/mol. The SMILES string of the molecule is CC1(C2CC2)CNCCN1Cc1cccc(O)c1. The Labute approximate surface area is 109 Å². The van der Waals surface area contributed by atoms with E-state index in [9.17, 15) is 5.11 Å². The molecule has 2 N–H and O–H groups in total. The normalized spacial score (nSPS) is 29.4. The van der Waals surface area contributed by atoms with Gasteiger partial charge in [-0.05, 0) is 43.4 Å². The zero-order valence-electron chi connectivity index (χ0n) is 11.0. The van der Waals surface area contributed by atoms with E-state index in [2.05, 4.69) is 23.2 Å². The quantitative estimate of drug-likeness (QED) is 0.856. The zero-order chi connectivity index (χ0) is 12.6. The Hall–Kier alpha value is -1.06. The van der Waals surface area contributed by atoms with Gasteiger partial charge in [-0.2, -0.15) is 0 Å². The predicted molar refractivity (Wildman–Crippen MR) is 72.5 cm³/mol. The molecular weight excluding hydrogens is 224 g/mol. The fraction of sp³-hybridized carbons (Fsp3) is 0.600. The fourth-order valence-electron chi connectivity index (χ4n) is 3.17. The number of piperazine rings is 1. The maximum absolute atomic E-state index is 9.56. The van der Waals surface area contributed by atoms with Crippen LogP contribution in [0.1, 0.15) is 25.3 Å². The van der Waals surface area contributed by atoms with Gasteiger partial charge < -0.3 is 10.4 Å². The summed E-state index contributed by atoms with van der Waals surface area (Å²) in [5, 5.41) is 13.1. The average molecular weight is 246 g/mol. The van der Waals surface area contributed by atoms with E-state index in [4.69, 9.17) is 0 Å². The minimum Gasteiger partial charge on any atom is -0.508 e. The van der Waals surface area contributed by atoms with Crippen molar-refractivity contribution in [3.05, 3.63) is 29.8 Å². The highest BCUT2D eigenvalue weighted by atomic mass is 16.3. The van der Waals surface area contributed by atoms with Crippen molar-refractivity contribution in [2.75, 3.05) is 19.6 Å². The highest BCUT2D eigenvalue weighted by Gasteiger charge is 2.46. The summed E-state index contributed by atoms with van der Waals surface area (Å²) in [5.74, 6) is 1.22. The molecule has 1 saturated carbocycles. The molecule has 3 heteroatoms. The van der Waals surface area contributed by atoms with Crippen molar-refractivity contribution < 1.29 is 5.11 Å². The van der Waals surface area contributed by atoms with Crippen LogP contribution in [0.5, 0.6) is 5.75 Å². The lowest BCUT2D eigenvalue weighted by Gasteiger charge is -2.46. The number of benzene rings is 1. The average Bonchev–Trinajstić information content (AvgIpc) is 3.17. The Balaban J connectivity index is 1.77. The van der Waals surface area contributed by atoms with Crippen molar-refractivity contribution >= 4 is 0 Å². The van der Waals surface area contributed by atoms with E-state index < -0.39 is 0 Å². The molecule has 1 atom stereocenters. The molecule has 1 saturated heterocycles. The van der Waals surface area contributed by atoms with Gasteiger partial charge >= 0.3 is 0 Å². The maximum atomic E-state index is 9.56. The molecule has 0 spiro atoms. The second-order valence-electron chi connectivity index (χ2n) is 5.90. The second-order valence-corrected chi connectivity index (χ2v) is 5.90. The van der Waals surface area contributed by atoms with Gasteiger partial charge in [0.1, 0.15) is 5.75 Å². The molecule has 1 aliphatic carbocycles. The number of hydrogen-bond acceptors (Lipinski definition) is 3. The molecule has 0 amide bonds. The van der Waals surface area contributed by atoms with Crippen LogP contribution in [0.15, 0.2) is 24.3 Å². The third-order valence-electron chi connectivity index (χ3n) is 4.50. The Morgan fingerprint density at radius 3 is 3.00 bits per heavy atom. The van der Waals surface area contributed by atoms with Crippen molar-refractivity contribution in [2.45, 2.75) is 31.8 Å². The highest BCUT2D eigenvalue weighted by Crippen LogP contribution is 2.44. The van der Waals surface area contributed by atoms with Crippen molar-refractivity contribution in [3.63, 3.8) is 0 Å². The largest absolute Gasteiger partial charge is 0.508 e. The summed E-state index contributed by atoms with van der Waals surface area (Å²) in [6, 6.07) is 7.66. The van der Waals surface area contributed by atoms with Crippen molar-refractivity contribution in [2.24, 2.45) is 5.92 Å². The summed E-state index contributed by atoms with van der Waals surface area (Å²) >= 11 is 0. The standard InChI is InChI=1S/C15H22N2O/c1-15(13-5-6-13)11-16-7-8-17(15)10-12-3-2-4-14(18)9-12/h2-4,9,13,16,18H,5-8,10-11H2,1H3. The number of nitrogens with zero attached hydrogens (tertiary/aromatic N) is 1. The van der Waals surface area contributed by atoms with E-state index in [-0.39, 0.29) is 0 Å². The van der Waals surface area contributed by atoms with Crippen LogP contribution in [0, 0.1) is 5.92 Å². The van der Waals surface area contributed by atoms with Crippen LogP contribution in [0.25, 0.3) is 0 Å². The van der Waals surface area contributed by atoms with E-state index >= 15 is 0 Å². The maximum Gasteiger partial charge on any atom is 0.115 e. The third-order valence-corrected chi connectivity index (χ3v) is 4.50. The van der Waals surface area contributed by atoms with Gasteiger partial charge in [-0.3, -0.25) is 4.90 Å². The Bertz CT molecular complexity index is 430. The molecule has 1 aromatic rings. The smallest absolute Gasteiger partial charge is 0.115 e. The number of phenols is 1. The van der Waals surface area contributed by atoms with Gasteiger partial charge in [0.15, 0.2) is 0 Å². The van der Waals surface area contributed by atoms with Gasteiger partial charge in [0.2, 0.25) is 0 Å². The van der Waals surface area contributed by atoms with Crippen LogP contribution < -0.4 is 5.32 Å². The molecule has 1 aromatic carbocycles. The number of phenolic OH excluding ortho intramolecular Hbond substituents is 1. The molecule has 0 radical (unpaired) electrons. The molecule has 1 heterocycles. The molecule has 2 aliphatic rings. The van der Waals surface area contributed by atoms with Crippen molar-refractivity contribution in [3.8, 4) is 5.75 Å². The second kappa shape index (κ2) is 4.56. The Kier molecular flexibility index (Phi) is 3.04.